The van der Waals surface area contributed by atoms with E-state index in [1.165, 1.54) is 0 Å². The van der Waals surface area contributed by atoms with Gasteiger partial charge in [0.25, 0.3) is 0 Å². The monoisotopic (exact) mass is 280 g/mol. The zero-order valence-corrected chi connectivity index (χ0v) is 12.5. The van der Waals surface area contributed by atoms with Crippen molar-refractivity contribution in [2.75, 3.05) is 40.5 Å². The summed E-state index contributed by atoms with van der Waals surface area (Å²) in [6.45, 7) is 5.30. The van der Waals surface area contributed by atoms with Crippen LogP contribution in [0.15, 0.2) is 18.2 Å². The Morgan fingerprint density at radius 2 is 2.05 bits per heavy atom. The second-order valence-electron chi connectivity index (χ2n) is 4.83. The molecule has 2 atom stereocenters. The lowest BCUT2D eigenvalue weighted by atomic mass is 9.97. The molecule has 0 saturated carbocycles. The van der Waals surface area contributed by atoms with Gasteiger partial charge in [-0.25, -0.2) is 0 Å². The van der Waals surface area contributed by atoms with Crippen LogP contribution in [0.1, 0.15) is 18.5 Å². The third-order valence-electron chi connectivity index (χ3n) is 3.84. The fourth-order valence-electron chi connectivity index (χ4n) is 2.80. The van der Waals surface area contributed by atoms with Gasteiger partial charge in [-0.1, -0.05) is 13.0 Å². The molecule has 2 rings (SSSR count). The van der Waals surface area contributed by atoms with Gasteiger partial charge in [-0.3, -0.25) is 4.90 Å². The van der Waals surface area contributed by atoms with Crippen molar-refractivity contribution in [2.45, 2.75) is 19.1 Å². The first kappa shape index (κ1) is 15.1. The predicted octanol–water partition coefficient (Wildman–Crippen LogP) is 1.42. The van der Waals surface area contributed by atoms with E-state index >= 15 is 0 Å². The van der Waals surface area contributed by atoms with Crippen molar-refractivity contribution in [1.29, 1.82) is 0 Å². The van der Waals surface area contributed by atoms with Crippen molar-refractivity contribution in [3.63, 3.8) is 0 Å². The van der Waals surface area contributed by atoms with Crippen LogP contribution in [0.3, 0.4) is 0 Å². The van der Waals surface area contributed by atoms with Gasteiger partial charge in [0, 0.05) is 13.1 Å². The number of nitrogens with zero attached hydrogens (tertiary/aromatic N) is 1. The van der Waals surface area contributed by atoms with Crippen LogP contribution in [0, 0.1) is 0 Å². The van der Waals surface area contributed by atoms with Crippen LogP contribution >= 0.6 is 0 Å². The highest BCUT2D eigenvalue weighted by Gasteiger charge is 2.32. The number of nitrogens with two attached hydrogens (primary N) is 1. The van der Waals surface area contributed by atoms with E-state index < -0.39 is 0 Å². The van der Waals surface area contributed by atoms with Crippen LogP contribution in [0.25, 0.3) is 0 Å². The highest BCUT2D eigenvalue weighted by atomic mass is 16.5. The Labute approximate surface area is 120 Å². The Bertz CT molecular complexity index is 427. The van der Waals surface area contributed by atoms with E-state index in [1.807, 2.05) is 12.1 Å². The first-order valence-electron chi connectivity index (χ1n) is 7.02. The van der Waals surface area contributed by atoms with Crippen molar-refractivity contribution in [1.82, 2.24) is 4.90 Å². The number of methoxy groups -OCH3 is 2. The largest absolute Gasteiger partial charge is 0.493 e. The van der Waals surface area contributed by atoms with Gasteiger partial charge in [0.05, 0.1) is 33.0 Å². The number of ether oxygens (including phenoxy) is 3. The lowest BCUT2D eigenvalue weighted by Gasteiger charge is -2.40. The summed E-state index contributed by atoms with van der Waals surface area (Å²) in [5.74, 6) is 1.47. The van der Waals surface area contributed by atoms with Crippen LogP contribution in [0.4, 0.5) is 0 Å². The summed E-state index contributed by atoms with van der Waals surface area (Å²) < 4.78 is 16.5. The highest BCUT2D eigenvalue weighted by Crippen LogP contribution is 2.35. The Hall–Kier alpha value is -1.30. The van der Waals surface area contributed by atoms with Crippen LogP contribution in [-0.4, -0.2) is 51.5 Å². The van der Waals surface area contributed by atoms with Gasteiger partial charge in [-0.2, -0.15) is 0 Å². The van der Waals surface area contributed by atoms with Crippen molar-refractivity contribution in [3.8, 4) is 11.5 Å². The van der Waals surface area contributed by atoms with Gasteiger partial charge >= 0.3 is 0 Å². The van der Waals surface area contributed by atoms with E-state index in [0.717, 1.165) is 36.8 Å². The van der Waals surface area contributed by atoms with E-state index in [1.54, 1.807) is 14.2 Å². The molecule has 0 aromatic heterocycles. The van der Waals surface area contributed by atoms with Crippen LogP contribution in [0.5, 0.6) is 11.5 Å². The molecule has 0 amide bonds. The molecule has 1 aliphatic heterocycles. The van der Waals surface area contributed by atoms with Gasteiger partial charge < -0.3 is 19.9 Å². The van der Waals surface area contributed by atoms with Crippen molar-refractivity contribution in [3.05, 3.63) is 23.8 Å². The molecule has 0 spiro atoms. The van der Waals surface area contributed by atoms with E-state index in [9.17, 15) is 0 Å². The molecule has 2 unspecified atom stereocenters. The first-order valence-corrected chi connectivity index (χ1v) is 7.02. The molecular formula is C15H24N2O3. The maximum atomic E-state index is 5.87. The Balaban J connectivity index is 2.35. The number of likely N-dealkylation sites (N-methyl/N-ethyl adjacent to an activating group) is 1. The summed E-state index contributed by atoms with van der Waals surface area (Å²) in [5, 5.41) is 0. The lowest BCUT2D eigenvalue weighted by Crippen LogP contribution is -2.48. The normalized spacial score (nSPS) is 23.6. The average molecular weight is 280 g/mol. The summed E-state index contributed by atoms with van der Waals surface area (Å²) in [4.78, 5) is 2.39. The molecule has 0 radical (unpaired) electrons. The first-order chi connectivity index (χ1) is 9.74. The number of benzene rings is 1. The number of morpholine rings is 1. The molecule has 5 nitrogen and oxygen atoms in total. The zero-order chi connectivity index (χ0) is 14.5. The van der Waals surface area contributed by atoms with Crippen LogP contribution in [-0.2, 0) is 4.74 Å². The quantitative estimate of drug-likeness (QED) is 0.884. The highest BCUT2D eigenvalue weighted by molar-refractivity contribution is 5.44. The summed E-state index contributed by atoms with van der Waals surface area (Å²) in [6.07, 6.45) is 0.0156. The average Bonchev–Trinajstić information content (AvgIpc) is 2.53. The number of hydrogen-bond acceptors (Lipinski definition) is 5. The second kappa shape index (κ2) is 6.92. The minimum atomic E-state index is 0.0156. The van der Waals surface area contributed by atoms with Gasteiger partial charge in [0.15, 0.2) is 11.5 Å². The molecule has 1 heterocycles. The summed E-state index contributed by atoms with van der Waals surface area (Å²) in [6, 6.07) is 6.18. The topological polar surface area (TPSA) is 57.0 Å². The second-order valence-corrected chi connectivity index (χ2v) is 4.83. The standard InChI is InChI=1S/C15H24N2O3/c1-4-17-7-8-20-14(10-16)15(17)11-5-6-12(18-2)13(9-11)19-3/h5-6,9,14-15H,4,7-8,10,16H2,1-3H3. The van der Waals surface area contributed by atoms with Crippen molar-refractivity contribution >= 4 is 0 Å². The van der Waals surface area contributed by atoms with Gasteiger partial charge in [0.1, 0.15) is 0 Å². The summed E-state index contributed by atoms with van der Waals surface area (Å²) in [5.41, 5.74) is 7.02. The van der Waals surface area contributed by atoms with Crippen molar-refractivity contribution < 1.29 is 14.2 Å². The molecule has 5 heteroatoms. The van der Waals surface area contributed by atoms with Gasteiger partial charge in [-0.15, -0.1) is 0 Å². The minimum Gasteiger partial charge on any atom is -0.493 e. The van der Waals surface area contributed by atoms with E-state index in [0.29, 0.717) is 6.54 Å². The lowest BCUT2D eigenvalue weighted by molar-refractivity contribution is -0.0658. The maximum absolute atomic E-state index is 5.87. The Kier molecular flexibility index (Phi) is 5.23. The molecule has 1 fully saturated rings. The van der Waals surface area contributed by atoms with E-state index in [2.05, 4.69) is 17.9 Å². The van der Waals surface area contributed by atoms with Gasteiger partial charge in [0.2, 0.25) is 0 Å². The molecular weight excluding hydrogens is 256 g/mol. The molecule has 2 N–H and O–H groups in total. The molecule has 1 aromatic rings. The van der Waals surface area contributed by atoms with Crippen molar-refractivity contribution in [2.24, 2.45) is 5.73 Å². The Morgan fingerprint density at radius 1 is 1.30 bits per heavy atom. The molecule has 0 aliphatic carbocycles. The van der Waals surface area contributed by atoms with Gasteiger partial charge in [-0.05, 0) is 24.2 Å². The minimum absolute atomic E-state index is 0.0156. The summed E-state index contributed by atoms with van der Waals surface area (Å²) in [7, 11) is 3.29. The fraction of sp³-hybridized carbons (Fsp3) is 0.600. The molecule has 112 valence electrons. The molecule has 20 heavy (non-hydrogen) atoms. The smallest absolute Gasteiger partial charge is 0.161 e. The van der Waals surface area contributed by atoms with E-state index in [-0.39, 0.29) is 12.1 Å². The SMILES string of the molecule is CCN1CCOC(CN)C1c1ccc(OC)c(OC)c1. The molecule has 1 aromatic carbocycles. The number of hydrogen-bond donors (Lipinski definition) is 1. The van der Waals surface area contributed by atoms with Crippen LogP contribution in [0.2, 0.25) is 0 Å². The van der Waals surface area contributed by atoms with Crippen LogP contribution < -0.4 is 15.2 Å². The third-order valence-corrected chi connectivity index (χ3v) is 3.84. The Morgan fingerprint density at radius 3 is 2.65 bits per heavy atom. The molecule has 1 aliphatic rings. The fourth-order valence-corrected chi connectivity index (χ4v) is 2.80. The molecule has 0 bridgehead atoms. The zero-order valence-electron chi connectivity index (χ0n) is 12.5. The third kappa shape index (κ3) is 2.90. The number of rotatable bonds is 5. The summed E-state index contributed by atoms with van der Waals surface area (Å²) >= 11 is 0. The predicted molar refractivity (Wildman–Crippen MR) is 78.3 cm³/mol. The maximum Gasteiger partial charge on any atom is 0.161 e. The molecule has 1 saturated heterocycles. The van der Waals surface area contributed by atoms with E-state index in [4.69, 9.17) is 19.9 Å².